The third-order valence-corrected chi connectivity index (χ3v) is 5.02. The van der Waals surface area contributed by atoms with Gasteiger partial charge in [-0.25, -0.2) is 9.98 Å². The number of guanidine groups is 1. The Morgan fingerprint density at radius 3 is 2.62 bits per heavy atom. The highest BCUT2D eigenvalue weighted by Crippen LogP contribution is 2.31. The van der Waals surface area contributed by atoms with E-state index in [1.807, 2.05) is 29.8 Å². The highest BCUT2D eigenvalue weighted by Gasteiger charge is 2.20. The van der Waals surface area contributed by atoms with Gasteiger partial charge in [0.15, 0.2) is 22.6 Å². The Balaban J connectivity index is 0.00000243. The molecule has 1 saturated heterocycles. The number of ether oxygens (including phenoxy) is 2. The van der Waals surface area contributed by atoms with Crippen molar-refractivity contribution in [2.45, 2.75) is 6.54 Å². The van der Waals surface area contributed by atoms with Crippen LogP contribution >= 0.6 is 35.3 Å². The number of hydrogen-bond donors (Lipinski definition) is 1. The summed E-state index contributed by atoms with van der Waals surface area (Å²) >= 11 is 1.66. The largest absolute Gasteiger partial charge is 0.493 e. The van der Waals surface area contributed by atoms with Crippen LogP contribution in [0.15, 0.2) is 34.8 Å². The lowest BCUT2D eigenvalue weighted by molar-refractivity contribution is 0.351. The smallest absolute Gasteiger partial charge is 0.191 e. The fourth-order valence-corrected chi connectivity index (χ4v) is 3.54. The van der Waals surface area contributed by atoms with Crippen LogP contribution in [-0.2, 0) is 6.54 Å². The number of methoxy groups -OCH3 is 2. The minimum atomic E-state index is 0. The van der Waals surface area contributed by atoms with Gasteiger partial charge in [-0.3, -0.25) is 0 Å². The number of nitrogens with zero attached hydrogens (tertiary/aromatic N) is 4. The van der Waals surface area contributed by atoms with Gasteiger partial charge in [-0.15, -0.1) is 35.3 Å². The second-order valence-electron chi connectivity index (χ2n) is 5.62. The van der Waals surface area contributed by atoms with E-state index >= 15 is 0 Å². The van der Waals surface area contributed by atoms with Crippen molar-refractivity contribution in [2.75, 3.05) is 45.3 Å². The van der Waals surface area contributed by atoms with Gasteiger partial charge in [0.1, 0.15) is 0 Å². The molecule has 0 radical (unpaired) electrons. The molecule has 0 aliphatic carbocycles. The molecule has 3 rings (SSSR count). The summed E-state index contributed by atoms with van der Waals surface area (Å²) < 4.78 is 10.8. The topological polar surface area (TPSA) is 76.2 Å². The van der Waals surface area contributed by atoms with Crippen molar-refractivity contribution >= 4 is 46.4 Å². The lowest BCUT2D eigenvalue weighted by Crippen LogP contribution is -2.51. The molecule has 0 atom stereocenters. The first-order chi connectivity index (χ1) is 12.2. The molecule has 1 aromatic carbocycles. The molecule has 2 heterocycles. The average molecular weight is 489 g/mol. The molecular weight excluding hydrogens is 465 g/mol. The number of benzene rings is 1. The Hall–Kier alpha value is -1.75. The maximum absolute atomic E-state index is 6.19. The van der Waals surface area contributed by atoms with E-state index in [4.69, 9.17) is 15.2 Å². The summed E-state index contributed by atoms with van der Waals surface area (Å²) in [6, 6.07) is 5.76. The van der Waals surface area contributed by atoms with Gasteiger partial charge in [0.25, 0.3) is 0 Å². The number of anilines is 1. The summed E-state index contributed by atoms with van der Waals surface area (Å²) in [4.78, 5) is 13.3. The normalized spacial score (nSPS) is 14.8. The molecule has 1 fully saturated rings. The third-order valence-electron chi connectivity index (χ3n) is 4.19. The fourth-order valence-electron chi connectivity index (χ4n) is 2.84. The lowest BCUT2D eigenvalue weighted by Gasteiger charge is -2.35. The molecule has 9 heteroatoms. The van der Waals surface area contributed by atoms with Crippen molar-refractivity contribution in [1.82, 2.24) is 9.88 Å². The van der Waals surface area contributed by atoms with Crippen LogP contribution < -0.4 is 20.1 Å². The SMILES string of the molecule is COc1cccc(CN=C(N)N2CCN(c3nccs3)CC2)c1OC.I. The van der Waals surface area contributed by atoms with Gasteiger partial charge in [0.2, 0.25) is 0 Å². The van der Waals surface area contributed by atoms with Gasteiger partial charge in [0, 0.05) is 43.3 Å². The molecule has 2 N–H and O–H groups in total. The summed E-state index contributed by atoms with van der Waals surface area (Å²) in [5, 5.41) is 3.07. The predicted molar refractivity (Wildman–Crippen MR) is 116 cm³/mol. The standard InChI is InChI=1S/C17H23N5O2S.HI/c1-23-14-5-3-4-13(15(14)24-2)12-20-16(18)21-7-9-22(10-8-21)17-19-6-11-25-17;/h3-6,11H,7-10,12H2,1-2H3,(H2,18,20);1H. The van der Waals surface area contributed by atoms with E-state index in [1.165, 1.54) is 0 Å². The molecule has 0 amide bonds. The Morgan fingerprint density at radius 1 is 1.23 bits per heavy atom. The van der Waals surface area contributed by atoms with E-state index < -0.39 is 0 Å². The molecule has 26 heavy (non-hydrogen) atoms. The number of piperazine rings is 1. The number of halogens is 1. The number of aromatic nitrogens is 1. The van der Waals surface area contributed by atoms with Crippen LogP contribution in [0.4, 0.5) is 5.13 Å². The monoisotopic (exact) mass is 489 g/mol. The van der Waals surface area contributed by atoms with Crippen molar-refractivity contribution < 1.29 is 9.47 Å². The minimum absolute atomic E-state index is 0. The second-order valence-corrected chi connectivity index (χ2v) is 6.49. The number of rotatable bonds is 5. The van der Waals surface area contributed by atoms with Crippen molar-refractivity contribution in [1.29, 1.82) is 0 Å². The van der Waals surface area contributed by atoms with Crippen LogP contribution in [0.25, 0.3) is 0 Å². The van der Waals surface area contributed by atoms with Crippen molar-refractivity contribution in [2.24, 2.45) is 10.7 Å². The summed E-state index contributed by atoms with van der Waals surface area (Å²) in [6.45, 7) is 3.92. The van der Waals surface area contributed by atoms with Gasteiger partial charge < -0.3 is 25.0 Å². The number of para-hydroxylation sites is 1. The van der Waals surface area contributed by atoms with Crippen LogP contribution in [0, 0.1) is 0 Å². The highest BCUT2D eigenvalue weighted by atomic mass is 127. The molecule has 7 nitrogen and oxygen atoms in total. The average Bonchev–Trinajstić information content (AvgIpc) is 3.20. The van der Waals surface area contributed by atoms with E-state index in [2.05, 4.69) is 19.8 Å². The minimum Gasteiger partial charge on any atom is -0.493 e. The summed E-state index contributed by atoms with van der Waals surface area (Å²) in [5.41, 5.74) is 7.15. The zero-order valence-electron chi connectivity index (χ0n) is 14.9. The van der Waals surface area contributed by atoms with E-state index in [0.717, 1.165) is 36.9 Å². The summed E-state index contributed by atoms with van der Waals surface area (Å²) in [6.07, 6.45) is 1.84. The first-order valence-corrected chi connectivity index (χ1v) is 9.00. The molecule has 142 valence electrons. The van der Waals surface area contributed by atoms with Gasteiger partial charge in [-0.2, -0.15) is 0 Å². The van der Waals surface area contributed by atoms with Gasteiger partial charge >= 0.3 is 0 Å². The molecule has 0 unspecified atom stereocenters. The van der Waals surface area contributed by atoms with E-state index in [9.17, 15) is 0 Å². The molecular formula is C17H24IN5O2S. The maximum Gasteiger partial charge on any atom is 0.191 e. The molecule has 1 aliphatic heterocycles. The second kappa shape index (κ2) is 9.81. The van der Waals surface area contributed by atoms with Gasteiger partial charge in [-0.1, -0.05) is 12.1 Å². The van der Waals surface area contributed by atoms with E-state index in [1.54, 1.807) is 25.6 Å². The fraction of sp³-hybridized carbons (Fsp3) is 0.412. The Kier molecular flexibility index (Phi) is 7.76. The first-order valence-electron chi connectivity index (χ1n) is 8.12. The van der Waals surface area contributed by atoms with Crippen molar-refractivity contribution in [3.05, 3.63) is 35.3 Å². The zero-order valence-corrected chi connectivity index (χ0v) is 18.1. The molecule has 1 aliphatic rings. The van der Waals surface area contributed by atoms with Gasteiger partial charge in [0.05, 0.1) is 20.8 Å². The first kappa shape index (κ1) is 20.6. The molecule has 1 aromatic heterocycles. The van der Waals surface area contributed by atoms with E-state index in [-0.39, 0.29) is 24.0 Å². The predicted octanol–water partition coefficient (Wildman–Crippen LogP) is 2.42. The lowest BCUT2D eigenvalue weighted by atomic mass is 10.2. The summed E-state index contributed by atoms with van der Waals surface area (Å²) in [7, 11) is 3.26. The molecule has 2 aromatic rings. The Morgan fingerprint density at radius 2 is 2.00 bits per heavy atom. The Bertz CT molecular complexity index is 718. The number of nitrogens with two attached hydrogens (primary N) is 1. The third kappa shape index (κ3) is 4.70. The zero-order chi connectivity index (χ0) is 17.6. The van der Waals surface area contributed by atoms with Gasteiger partial charge in [-0.05, 0) is 6.07 Å². The number of aliphatic imine (C=N–C) groups is 1. The molecule has 0 saturated carbocycles. The van der Waals surface area contributed by atoms with Crippen molar-refractivity contribution in [3.8, 4) is 11.5 Å². The summed E-state index contributed by atoms with van der Waals surface area (Å²) in [5.74, 6) is 1.96. The van der Waals surface area contributed by atoms with Crippen LogP contribution in [0.5, 0.6) is 11.5 Å². The Labute approximate surface area is 174 Å². The quantitative estimate of drug-likeness (QED) is 0.395. The van der Waals surface area contributed by atoms with Crippen LogP contribution in [0.3, 0.4) is 0 Å². The number of hydrogen-bond acceptors (Lipinski definition) is 6. The van der Waals surface area contributed by atoms with Crippen LogP contribution in [-0.4, -0.2) is 56.2 Å². The number of thiazole rings is 1. The molecule has 0 bridgehead atoms. The molecule has 0 spiro atoms. The van der Waals surface area contributed by atoms with Crippen LogP contribution in [0.2, 0.25) is 0 Å². The highest BCUT2D eigenvalue weighted by molar-refractivity contribution is 14.0. The van der Waals surface area contributed by atoms with Crippen molar-refractivity contribution in [3.63, 3.8) is 0 Å². The van der Waals surface area contributed by atoms with Crippen LogP contribution in [0.1, 0.15) is 5.56 Å². The maximum atomic E-state index is 6.19. The van der Waals surface area contributed by atoms with E-state index in [0.29, 0.717) is 24.0 Å².